The summed E-state index contributed by atoms with van der Waals surface area (Å²) in [7, 11) is 0. The van der Waals surface area contributed by atoms with E-state index in [-0.39, 0.29) is 11.4 Å². The fourth-order valence-corrected chi connectivity index (χ4v) is 3.57. The highest BCUT2D eigenvalue weighted by molar-refractivity contribution is 6.31. The van der Waals surface area contributed by atoms with Crippen molar-refractivity contribution in [3.05, 3.63) is 100 Å². The zero-order valence-electron chi connectivity index (χ0n) is 17.2. The van der Waals surface area contributed by atoms with Crippen LogP contribution in [0.3, 0.4) is 0 Å². The van der Waals surface area contributed by atoms with Crippen molar-refractivity contribution in [3.63, 3.8) is 0 Å². The Morgan fingerprint density at radius 1 is 1.06 bits per heavy atom. The molecule has 33 heavy (non-hydrogen) atoms. The number of hydrogen-bond donors (Lipinski definition) is 1. The molecular formula is C24H16ClF3N2O3. The summed E-state index contributed by atoms with van der Waals surface area (Å²) in [5.41, 5.74) is 1.09. The van der Waals surface area contributed by atoms with Gasteiger partial charge in [0.15, 0.2) is 17.3 Å². The van der Waals surface area contributed by atoms with Gasteiger partial charge in [-0.1, -0.05) is 17.7 Å². The number of aryl methyl sites for hydroxylation is 1. The molecule has 1 N–H and O–H groups in total. The van der Waals surface area contributed by atoms with Crippen LogP contribution in [0.25, 0.3) is 17.1 Å². The van der Waals surface area contributed by atoms with E-state index in [9.17, 15) is 23.1 Å². The quantitative estimate of drug-likeness (QED) is 0.339. The SMILES string of the molecule is Cc1ccc(-c2cc(Cl)ccc2OCc2c(F)ccc(F)c2F)n1-c1cccc(C(=O)O)n1. The van der Waals surface area contributed by atoms with Gasteiger partial charge in [-0.15, -0.1) is 0 Å². The van der Waals surface area contributed by atoms with Gasteiger partial charge in [-0.25, -0.2) is 22.9 Å². The summed E-state index contributed by atoms with van der Waals surface area (Å²) >= 11 is 6.20. The van der Waals surface area contributed by atoms with E-state index in [4.69, 9.17) is 16.3 Å². The minimum atomic E-state index is -1.32. The van der Waals surface area contributed by atoms with Gasteiger partial charge in [0.2, 0.25) is 0 Å². The van der Waals surface area contributed by atoms with Crippen molar-refractivity contribution in [2.45, 2.75) is 13.5 Å². The van der Waals surface area contributed by atoms with Gasteiger partial charge in [0, 0.05) is 16.3 Å². The number of benzene rings is 2. The minimum absolute atomic E-state index is 0.133. The molecule has 0 aliphatic heterocycles. The molecule has 2 aromatic carbocycles. The van der Waals surface area contributed by atoms with Crippen LogP contribution in [-0.4, -0.2) is 20.6 Å². The summed E-state index contributed by atoms with van der Waals surface area (Å²) < 4.78 is 49.0. The molecule has 0 aliphatic rings. The molecule has 0 fully saturated rings. The van der Waals surface area contributed by atoms with E-state index in [1.165, 1.54) is 12.1 Å². The van der Waals surface area contributed by atoms with E-state index in [0.29, 0.717) is 28.2 Å². The Bertz CT molecular complexity index is 1370. The second kappa shape index (κ2) is 8.99. The molecule has 0 aliphatic carbocycles. The minimum Gasteiger partial charge on any atom is -0.488 e. The first-order chi connectivity index (χ1) is 15.8. The summed E-state index contributed by atoms with van der Waals surface area (Å²) in [6.45, 7) is 1.25. The third-order valence-corrected chi connectivity index (χ3v) is 5.22. The van der Waals surface area contributed by atoms with Crippen LogP contribution in [0.5, 0.6) is 5.75 Å². The predicted molar refractivity (Wildman–Crippen MR) is 116 cm³/mol. The van der Waals surface area contributed by atoms with Gasteiger partial charge < -0.3 is 9.84 Å². The zero-order chi connectivity index (χ0) is 23.7. The standard InChI is InChI=1S/C24H16ClF3N2O3/c1-13-5-9-20(30(13)22-4-2-3-19(29-22)24(31)32)15-11-14(25)6-10-21(15)33-12-16-17(26)7-8-18(27)23(16)28/h2-11H,12H2,1H3,(H,31,32). The molecule has 4 rings (SSSR count). The topological polar surface area (TPSA) is 64.3 Å². The second-order valence-electron chi connectivity index (χ2n) is 7.13. The van der Waals surface area contributed by atoms with Gasteiger partial charge in [0.1, 0.15) is 24.0 Å². The molecule has 0 saturated carbocycles. The summed E-state index contributed by atoms with van der Waals surface area (Å²) in [6.07, 6.45) is 0. The molecule has 0 bridgehead atoms. The van der Waals surface area contributed by atoms with Crippen molar-refractivity contribution in [1.29, 1.82) is 0 Å². The number of carboxylic acids is 1. The third kappa shape index (κ3) is 4.42. The second-order valence-corrected chi connectivity index (χ2v) is 7.57. The molecule has 2 heterocycles. The third-order valence-electron chi connectivity index (χ3n) is 4.99. The van der Waals surface area contributed by atoms with Crippen LogP contribution in [0, 0.1) is 24.4 Å². The molecule has 0 saturated heterocycles. The zero-order valence-corrected chi connectivity index (χ0v) is 17.9. The van der Waals surface area contributed by atoms with Crippen LogP contribution in [0.1, 0.15) is 21.7 Å². The van der Waals surface area contributed by atoms with Crippen molar-refractivity contribution in [2.75, 3.05) is 0 Å². The van der Waals surface area contributed by atoms with Crippen LogP contribution in [0.4, 0.5) is 13.2 Å². The van der Waals surface area contributed by atoms with Crippen molar-refractivity contribution in [1.82, 2.24) is 9.55 Å². The number of halogens is 4. The first kappa shape index (κ1) is 22.4. The average Bonchev–Trinajstić information content (AvgIpc) is 3.18. The van der Waals surface area contributed by atoms with Gasteiger partial charge in [-0.2, -0.15) is 0 Å². The molecule has 0 unspecified atom stereocenters. The molecule has 4 aromatic rings. The van der Waals surface area contributed by atoms with E-state index >= 15 is 0 Å². The number of ether oxygens (including phenoxy) is 1. The van der Waals surface area contributed by atoms with Crippen molar-refractivity contribution in [3.8, 4) is 22.8 Å². The molecule has 0 spiro atoms. The Labute approximate surface area is 191 Å². The number of aromatic nitrogens is 2. The number of carbonyl (C=O) groups is 1. The normalized spacial score (nSPS) is 10.9. The van der Waals surface area contributed by atoms with Gasteiger partial charge in [-0.3, -0.25) is 4.57 Å². The number of pyridine rings is 1. The van der Waals surface area contributed by atoms with Crippen LogP contribution < -0.4 is 4.74 Å². The summed E-state index contributed by atoms with van der Waals surface area (Å²) in [5, 5.41) is 9.66. The molecule has 0 atom stereocenters. The average molecular weight is 473 g/mol. The maximum Gasteiger partial charge on any atom is 0.354 e. The van der Waals surface area contributed by atoms with Gasteiger partial charge in [-0.05, 0) is 61.5 Å². The molecular weight excluding hydrogens is 457 g/mol. The lowest BCUT2D eigenvalue weighted by atomic mass is 10.1. The fraction of sp³-hybridized carbons (Fsp3) is 0.0833. The van der Waals surface area contributed by atoms with E-state index in [1.54, 1.807) is 47.9 Å². The van der Waals surface area contributed by atoms with Crippen LogP contribution >= 0.6 is 11.6 Å². The Balaban J connectivity index is 1.78. The van der Waals surface area contributed by atoms with E-state index in [1.807, 2.05) is 0 Å². The molecule has 0 radical (unpaired) electrons. The van der Waals surface area contributed by atoms with E-state index in [2.05, 4.69) is 4.98 Å². The molecule has 9 heteroatoms. The summed E-state index contributed by atoms with van der Waals surface area (Å²) in [5.74, 6) is -4.02. The van der Waals surface area contributed by atoms with E-state index in [0.717, 1.165) is 11.8 Å². The lowest BCUT2D eigenvalue weighted by Gasteiger charge is -2.16. The van der Waals surface area contributed by atoms with Gasteiger partial charge >= 0.3 is 5.97 Å². The number of aromatic carboxylic acids is 1. The lowest BCUT2D eigenvalue weighted by Crippen LogP contribution is -2.08. The Morgan fingerprint density at radius 2 is 1.82 bits per heavy atom. The highest BCUT2D eigenvalue weighted by atomic mass is 35.5. The highest BCUT2D eigenvalue weighted by Crippen LogP contribution is 2.36. The lowest BCUT2D eigenvalue weighted by molar-refractivity contribution is 0.0690. The number of nitrogens with zero attached hydrogens (tertiary/aromatic N) is 2. The Morgan fingerprint density at radius 3 is 2.58 bits per heavy atom. The van der Waals surface area contributed by atoms with Crippen LogP contribution in [0.2, 0.25) is 5.02 Å². The van der Waals surface area contributed by atoms with Crippen molar-refractivity contribution < 1.29 is 27.8 Å². The summed E-state index contributed by atoms with van der Waals surface area (Å²) in [4.78, 5) is 15.6. The monoisotopic (exact) mass is 472 g/mol. The maximum atomic E-state index is 14.1. The first-order valence-electron chi connectivity index (χ1n) is 9.70. The molecule has 0 amide bonds. The van der Waals surface area contributed by atoms with Crippen molar-refractivity contribution >= 4 is 17.6 Å². The predicted octanol–water partition coefficient (Wildman–Crippen LogP) is 6.20. The van der Waals surface area contributed by atoms with Crippen LogP contribution in [-0.2, 0) is 6.61 Å². The molecule has 2 aromatic heterocycles. The van der Waals surface area contributed by atoms with Crippen molar-refractivity contribution in [2.24, 2.45) is 0 Å². The number of carboxylic acid groups (broad SMARTS) is 1. The smallest absolute Gasteiger partial charge is 0.354 e. The van der Waals surface area contributed by atoms with E-state index < -0.39 is 35.6 Å². The van der Waals surface area contributed by atoms with Gasteiger partial charge in [0.05, 0.1) is 11.3 Å². The summed E-state index contributed by atoms with van der Waals surface area (Å²) in [6, 6.07) is 14.3. The fourth-order valence-electron chi connectivity index (χ4n) is 3.40. The number of hydrogen-bond acceptors (Lipinski definition) is 3. The first-order valence-corrected chi connectivity index (χ1v) is 10.1. The number of rotatable bonds is 6. The highest BCUT2D eigenvalue weighted by Gasteiger charge is 2.19. The van der Waals surface area contributed by atoms with Gasteiger partial charge in [0.25, 0.3) is 0 Å². The largest absolute Gasteiger partial charge is 0.488 e. The maximum absolute atomic E-state index is 14.1. The molecule has 168 valence electrons. The Hall–Kier alpha value is -3.78. The van der Waals surface area contributed by atoms with Crippen LogP contribution in [0.15, 0.2) is 60.7 Å². The Kier molecular flexibility index (Phi) is 6.11. The molecule has 5 nitrogen and oxygen atoms in total.